The van der Waals surface area contributed by atoms with Crippen molar-refractivity contribution in [2.75, 3.05) is 4.90 Å². The van der Waals surface area contributed by atoms with Gasteiger partial charge >= 0.3 is 0 Å². The Balaban J connectivity index is 1.12. The van der Waals surface area contributed by atoms with Crippen LogP contribution in [-0.2, 0) is 10.8 Å². The Kier molecular flexibility index (Phi) is 6.29. The number of fused-ring (bicyclic) bond motifs is 13. The second-order valence-electron chi connectivity index (χ2n) is 15.2. The van der Waals surface area contributed by atoms with Gasteiger partial charge in [0, 0.05) is 22.4 Å². The van der Waals surface area contributed by atoms with Crippen molar-refractivity contribution in [2.24, 2.45) is 0 Å². The zero-order valence-electron chi connectivity index (χ0n) is 29.8. The predicted octanol–water partition coefficient (Wildman–Crippen LogP) is 13.5. The summed E-state index contributed by atoms with van der Waals surface area (Å²) in [5, 5.41) is 0. The molecule has 1 spiro atoms. The maximum Gasteiger partial charge on any atom is 0.0726 e. The van der Waals surface area contributed by atoms with E-state index in [9.17, 15) is 0 Å². The molecule has 0 radical (unpaired) electrons. The molecule has 8 aromatic rings. The first-order chi connectivity index (χ1) is 26.1. The zero-order chi connectivity index (χ0) is 35.3. The summed E-state index contributed by atoms with van der Waals surface area (Å²) in [6.45, 7) is 4.71. The number of hydrogen-bond acceptors (Lipinski definition) is 1. The summed E-state index contributed by atoms with van der Waals surface area (Å²) >= 11 is 0. The third-order valence-corrected chi connectivity index (χ3v) is 12.3. The molecule has 0 aliphatic heterocycles. The summed E-state index contributed by atoms with van der Waals surface area (Å²) in [4.78, 5) is 2.46. The Morgan fingerprint density at radius 2 is 0.774 bits per heavy atom. The largest absolute Gasteiger partial charge is 0.310 e. The molecule has 250 valence electrons. The summed E-state index contributed by atoms with van der Waals surface area (Å²) in [6.07, 6.45) is 0. The highest BCUT2D eigenvalue weighted by atomic mass is 15.1. The van der Waals surface area contributed by atoms with E-state index in [-0.39, 0.29) is 10.8 Å². The van der Waals surface area contributed by atoms with E-state index in [0.29, 0.717) is 0 Å². The monoisotopic (exact) mass is 675 g/mol. The van der Waals surface area contributed by atoms with E-state index in [0.717, 1.165) is 11.4 Å². The molecule has 0 saturated carbocycles. The molecule has 0 bridgehead atoms. The highest BCUT2D eigenvalue weighted by molar-refractivity contribution is 6.01. The second-order valence-corrected chi connectivity index (χ2v) is 15.2. The summed E-state index contributed by atoms with van der Waals surface area (Å²) in [5.74, 6) is 0. The molecular weight excluding hydrogens is 639 g/mol. The van der Waals surface area contributed by atoms with Gasteiger partial charge in [0.2, 0.25) is 0 Å². The van der Waals surface area contributed by atoms with Gasteiger partial charge in [-0.3, -0.25) is 0 Å². The number of rotatable bonds is 4. The van der Waals surface area contributed by atoms with Crippen molar-refractivity contribution in [3.8, 4) is 44.5 Å². The van der Waals surface area contributed by atoms with Crippen molar-refractivity contribution in [1.29, 1.82) is 0 Å². The fourth-order valence-electron chi connectivity index (χ4n) is 10.1. The summed E-state index contributed by atoms with van der Waals surface area (Å²) < 4.78 is 0. The lowest BCUT2D eigenvalue weighted by atomic mass is 9.70. The molecule has 8 aromatic carbocycles. The van der Waals surface area contributed by atoms with Crippen LogP contribution in [0, 0.1) is 0 Å². The Morgan fingerprint density at radius 3 is 1.43 bits per heavy atom. The molecule has 0 fully saturated rings. The van der Waals surface area contributed by atoms with Gasteiger partial charge in [-0.05, 0) is 103 Å². The van der Waals surface area contributed by atoms with Crippen LogP contribution in [0.1, 0.15) is 47.2 Å². The SMILES string of the molecule is CC1(C)c2ccccc2-c2c(-c3ccc(N(c4ccccc4)c4cccc5c4-c4ccccc4C54c5ccccc5-c5ccccc54)cc3)cccc21. The molecule has 11 rings (SSSR count). The average Bonchev–Trinajstić information content (AvgIpc) is 3.78. The first-order valence-corrected chi connectivity index (χ1v) is 18.7. The van der Waals surface area contributed by atoms with Crippen molar-refractivity contribution in [3.63, 3.8) is 0 Å². The number of anilines is 3. The molecule has 1 heteroatoms. The molecule has 0 aromatic heterocycles. The van der Waals surface area contributed by atoms with Crippen LogP contribution in [0.5, 0.6) is 0 Å². The molecule has 0 atom stereocenters. The van der Waals surface area contributed by atoms with Gasteiger partial charge in [-0.25, -0.2) is 0 Å². The van der Waals surface area contributed by atoms with Gasteiger partial charge in [0.25, 0.3) is 0 Å². The maximum atomic E-state index is 2.46. The topological polar surface area (TPSA) is 3.24 Å². The van der Waals surface area contributed by atoms with E-state index >= 15 is 0 Å². The van der Waals surface area contributed by atoms with Crippen LogP contribution in [0.4, 0.5) is 17.1 Å². The van der Waals surface area contributed by atoms with Gasteiger partial charge in [-0.1, -0.05) is 172 Å². The van der Waals surface area contributed by atoms with Crippen molar-refractivity contribution in [1.82, 2.24) is 0 Å². The Morgan fingerprint density at radius 1 is 0.321 bits per heavy atom. The van der Waals surface area contributed by atoms with Gasteiger partial charge in [-0.15, -0.1) is 0 Å². The van der Waals surface area contributed by atoms with Crippen LogP contribution < -0.4 is 4.90 Å². The fraction of sp³-hybridized carbons (Fsp3) is 0.0769. The number of hydrogen-bond donors (Lipinski definition) is 0. The summed E-state index contributed by atoms with van der Waals surface area (Å²) in [5.41, 5.74) is 21.7. The number of nitrogens with zero attached hydrogens (tertiary/aromatic N) is 1. The zero-order valence-corrected chi connectivity index (χ0v) is 29.8. The van der Waals surface area contributed by atoms with Crippen molar-refractivity contribution < 1.29 is 0 Å². The lowest BCUT2D eigenvalue weighted by molar-refractivity contribution is 0.660. The summed E-state index contributed by atoms with van der Waals surface area (Å²) in [6, 6.07) is 70.0. The van der Waals surface area contributed by atoms with Gasteiger partial charge < -0.3 is 4.90 Å². The van der Waals surface area contributed by atoms with Crippen molar-refractivity contribution >= 4 is 17.1 Å². The van der Waals surface area contributed by atoms with Gasteiger partial charge in [0.1, 0.15) is 0 Å². The molecule has 0 N–H and O–H groups in total. The van der Waals surface area contributed by atoms with Gasteiger partial charge in [-0.2, -0.15) is 0 Å². The van der Waals surface area contributed by atoms with Crippen LogP contribution in [0.3, 0.4) is 0 Å². The van der Waals surface area contributed by atoms with Crippen molar-refractivity contribution in [3.05, 3.63) is 221 Å². The minimum absolute atomic E-state index is 0.0341. The normalized spacial score (nSPS) is 14.5. The third kappa shape index (κ3) is 3.97. The molecule has 53 heavy (non-hydrogen) atoms. The smallest absolute Gasteiger partial charge is 0.0726 e. The molecule has 0 saturated heterocycles. The molecule has 3 aliphatic carbocycles. The molecule has 0 amide bonds. The Hall–Kier alpha value is -6.44. The minimum Gasteiger partial charge on any atom is -0.310 e. The molecular formula is C52H37N. The first kappa shape index (κ1) is 30.2. The fourth-order valence-corrected chi connectivity index (χ4v) is 10.1. The number of benzene rings is 8. The van der Waals surface area contributed by atoms with Crippen LogP contribution >= 0.6 is 0 Å². The molecule has 0 unspecified atom stereocenters. The maximum absolute atomic E-state index is 2.46. The quantitative estimate of drug-likeness (QED) is 0.179. The summed E-state index contributed by atoms with van der Waals surface area (Å²) in [7, 11) is 0. The highest BCUT2D eigenvalue weighted by Gasteiger charge is 2.52. The second kappa shape index (κ2) is 11.0. The average molecular weight is 676 g/mol. The van der Waals surface area contributed by atoms with Crippen LogP contribution in [0.2, 0.25) is 0 Å². The van der Waals surface area contributed by atoms with Crippen LogP contribution in [0.15, 0.2) is 188 Å². The Bertz CT molecular complexity index is 2710. The van der Waals surface area contributed by atoms with Crippen molar-refractivity contribution in [2.45, 2.75) is 24.7 Å². The molecule has 0 heterocycles. The lowest BCUT2D eigenvalue weighted by Gasteiger charge is -2.31. The molecule has 1 nitrogen and oxygen atoms in total. The van der Waals surface area contributed by atoms with E-state index < -0.39 is 0 Å². The third-order valence-electron chi connectivity index (χ3n) is 12.3. The van der Waals surface area contributed by atoms with E-state index in [1.165, 1.54) is 83.6 Å². The Labute approximate surface area is 311 Å². The first-order valence-electron chi connectivity index (χ1n) is 18.7. The van der Waals surface area contributed by atoms with E-state index in [1.54, 1.807) is 0 Å². The van der Waals surface area contributed by atoms with E-state index in [4.69, 9.17) is 0 Å². The van der Waals surface area contributed by atoms with E-state index in [1.807, 2.05) is 0 Å². The van der Waals surface area contributed by atoms with Gasteiger partial charge in [0.05, 0.1) is 11.1 Å². The highest BCUT2D eigenvalue weighted by Crippen LogP contribution is 2.64. The molecule has 3 aliphatic rings. The minimum atomic E-state index is -0.390. The number of para-hydroxylation sites is 1. The van der Waals surface area contributed by atoms with Gasteiger partial charge in [0.15, 0.2) is 0 Å². The standard InChI is InChI=1S/C52H37N/c1-51(2)42-23-10-8-20-40(42)49-37(22-14-27-46(49)51)34-30-32-36(33-31-34)53(35-16-4-3-5-17-35)48-29-15-28-47-50(48)41-21-9-13-26-45(41)52(47)43-24-11-6-18-38(43)39-19-7-12-25-44(39)52/h3-33H,1-2H3. The predicted molar refractivity (Wildman–Crippen MR) is 220 cm³/mol. The van der Waals surface area contributed by atoms with E-state index in [2.05, 4.69) is 207 Å². The lowest BCUT2D eigenvalue weighted by Crippen LogP contribution is -2.26. The van der Waals surface area contributed by atoms with Crippen LogP contribution in [-0.4, -0.2) is 0 Å². The van der Waals surface area contributed by atoms with Crippen LogP contribution in [0.25, 0.3) is 44.5 Å².